The molecule has 2 N–H and O–H groups in total. The summed E-state index contributed by atoms with van der Waals surface area (Å²) in [6.07, 6.45) is 0.207. The Labute approximate surface area is 114 Å². The molecule has 3 nitrogen and oxygen atoms in total. The molecule has 1 aromatic carbocycles. The number of aryl methyl sites for hydroxylation is 1. The number of hydrogen-bond donors (Lipinski definition) is 2. The normalized spacial score (nSPS) is 19.0. The first-order valence-corrected chi connectivity index (χ1v) is 6.71. The highest BCUT2D eigenvalue weighted by atomic mass is 16.4. The molecule has 1 aromatic rings. The first-order valence-electron chi connectivity index (χ1n) is 6.71. The molecule has 0 heterocycles. The summed E-state index contributed by atoms with van der Waals surface area (Å²) in [7, 11) is 0. The van der Waals surface area contributed by atoms with Crippen LogP contribution in [0, 0.1) is 12.3 Å². The van der Waals surface area contributed by atoms with E-state index in [4.69, 9.17) is 0 Å². The van der Waals surface area contributed by atoms with Crippen molar-refractivity contribution in [3.05, 3.63) is 34.9 Å². The predicted octanol–water partition coefficient (Wildman–Crippen LogP) is 3.19. The fourth-order valence-corrected chi connectivity index (χ4v) is 2.44. The molecule has 1 aliphatic rings. The Morgan fingerprint density at radius 2 is 1.89 bits per heavy atom. The van der Waals surface area contributed by atoms with E-state index in [0.717, 1.165) is 16.7 Å². The van der Waals surface area contributed by atoms with Crippen LogP contribution in [0.2, 0.25) is 0 Å². The number of hydrogen-bond acceptors (Lipinski definition) is 2. The summed E-state index contributed by atoms with van der Waals surface area (Å²) in [5.74, 6) is -0.888. The van der Waals surface area contributed by atoms with Gasteiger partial charge in [0.15, 0.2) is 0 Å². The van der Waals surface area contributed by atoms with Crippen LogP contribution in [-0.4, -0.2) is 16.2 Å². The molecule has 1 aliphatic carbocycles. The monoisotopic (exact) mass is 262 g/mol. The molecule has 19 heavy (non-hydrogen) atoms. The van der Waals surface area contributed by atoms with Gasteiger partial charge in [-0.25, -0.2) is 0 Å². The molecule has 0 saturated heterocycles. The van der Waals surface area contributed by atoms with E-state index in [1.165, 1.54) is 0 Å². The Morgan fingerprint density at radius 3 is 2.32 bits per heavy atom. The van der Waals surface area contributed by atoms with Gasteiger partial charge in [0.2, 0.25) is 0 Å². The first kappa shape index (κ1) is 14.1. The third kappa shape index (κ3) is 2.39. The van der Waals surface area contributed by atoms with E-state index in [9.17, 15) is 15.0 Å². The lowest BCUT2D eigenvalue weighted by Gasteiger charge is -2.25. The molecule has 3 heteroatoms. The van der Waals surface area contributed by atoms with E-state index in [1.54, 1.807) is 0 Å². The van der Waals surface area contributed by atoms with Crippen molar-refractivity contribution in [2.45, 2.75) is 52.1 Å². The van der Waals surface area contributed by atoms with E-state index < -0.39 is 17.5 Å². The summed E-state index contributed by atoms with van der Waals surface area (Å²) in [5, 5.41) is 19.8. The summed E-state index contributed by atoms with van der Waals surface area (Å²) in [6.45, 7) is 8.25. The van der Waals surface area contributed by atoms with Crippen LogP contribution in [0.15, 0.2) is 18.2 Å². The number of carbonyl (C=O) groups is 1. The van der Waals surface area contributed by atoms with Gasteiger partial charge in [-0.2, -0.15) is 0 Å². The molecule has 0 aliphatic heterocycles. The molecular formula is C16H22O3. The lowest BCUT2D eigenvalue weighted by atomic mass is 9.82. The Bertz CT molecular complexity index is 507. The Balaban J connectivity index is 2.42. The third-order valence-corrected chi connectivity index (χ3v) is 4.18. The number of rotatable bonds is 3. The summed E-state index contributed by atoms with van der Waals surface area (Å²) in [5.41, 5.74) is 1.86. The van der Waals surface area contributed by atoms with Crippen molar-refractivity contribution in [3.63, 3.8) is 0 Å². The second-order valence-electron chi connectivity index (χ2n) is 6.69. The van der Waals surface area contributed by atoms with Gasteiger partial charge in [0.25, 0.3) is 0 Å². The van der Waals surface area contributed by atoms with Crippen molar-refractivity contribution in [1.82, 2.24) is 0 Å². The van der Waals surface area contributed by atoms with E-state index in [2.05, 4.69) is 20.8 Å². The second-order valence-corrected chi connectivity index (χ2v) is 6.69. The number of aliphatic carboxylic acids is 1. The fourth-order valence-electron chi connectivity index (χ4n) is 2.44. The Kier molecular flexibility index (Phi) is 3.21. The van der Waals surface area contributed by atoms with Crippen molar-refractivity contribution in [2.75, 3.05) is 0 Å². The highest BCUT2D eigenvalue weighted by Crippen LogP contribution is 2.55. The lowest BCUT2D eigenvalue weighted by molar-refractivity contribution is -0.148. The lowest BCUT2D eigenvalue weighted by Crippen LogP contribution is -2.24. The number of carboxylic acids is 1. The van der Waals surface area contributed by atoms with Gasteiger partial charge in [0.1, 0.15) is 0 Å². The minimum absolute atomic E-state index is 0.0118. The van der Waals surface area contributed by atoms with Gasteiger partial charge in [-0.15, -0.1) is 0 Å². The molecule has 0 amide bonds. The zero-order valence-electron chi connectivity index (χ0n) is 12.0. The van der Waals surface area contributed by atoms with Gasteiger partial charge in [-0.3, -0.25) is 4.79 Å². The maximum atomic E-state index is 11.3. The van der Waals surface area contributed by atoms with Gasteiger partial charge in [-0.05, 0) is 41.9 Å². The highest BCUT2D eigenvalue weighted by molar-refractivity contribution is 5.79. The average molecular weight is 262 g/mol. The standard InChI is InChI=1S/C16H22O3/c1-10-5-6-11(15(2,3)4)9-12(10)13(17)16(7-8-16)14(18)19/h5-6,9,13,17H,7-8H2,1-4H3,(H,18,19). The molecule has 1 unspecified atom stereocenters. The van der Waals surface area contributed by atoms with Crippen LogP contribution in [0.3, 0.4) is 0 Å². The zero-order valence-corrected chi connectivity index (χ0v) is 12.0. The quantitative estimate of drug-likeness (QED) is 0.879. The minimum atomic E-state index is -0.957. The molecule has 0 bridgehead atoms. The molecule has 104 valence electrons. The van der Waals surface area contributed by atoms with Crippen LogP contribution in [-0.2, 0) is 10.2 Å². The van der Waals surface area contributed by atoms with Crippen molar-refractivity contribution in [3.8, 4) is 0 Å². The van der Waals surface area contributed by atoms with E-state index in [-0.39, 0.29) is 5.41 Å². The first-order chi connectivity index (χ1) is 8.68. The SMILES string of the molecule is Cc1ccc(C(C)(C)C)cc1C(O)C1(C(=O)O)CC1. The smallest absolute Gasteiger partial charge is 0.312 e. The van der Waals surface area contributed by atoms with Crippen molar-refractivity contribution in [2.24, 2.45) is 5.41 Å². The van der Waals surface area contributed by atoms with Gasteiger partial charge < -0.3 is 10.2 Å². The van der Waals surface area contributed by atoms with Gasteiger partial charge in [-0.1, -0.05) is 39.0 Å². The summed E-state index contributed by atoms with van der Waals surface area (Å²) in [6, 6.07) is 5.98. The average Bonchev–Trinajstić information content (AvgIpc) is 3.08. The molecule has 0 spiro atoms. The maximum absolute atomic E-state index is 11.3. The molecule has 0 aromatic heterocycles. The van der Waals surface area contributed by atoms with Crippen LogP contribution in [0.5, 0.6) is 0 Å². The highest BCUT2D eigenvalue weighted by Gasteiger charge is 2.56. The van der Waals surface area contributed by atoms with E-state index in [0.29, 0.717) is 12.8 Å². The Morgan fingerprint density at radius 1 is 1.32 bits per heavy atom. The molecule has 2 rings (SSSR count). The fraction of sp³-hybridized carbons (Fsp3) is 0.562. The number of carboxylic acid groups (broad SMARTS) is 1. The summed E-state index contributed by atoms with van der Waals surface area (Å²) < 4.78 is 0. The maximum Gasteiger partial charge on any atom is 0.312 e. The number of aliphatic hydroxyl groups is 1. The van der Waals surface area contributed by atoms with Crippen LogP contribution >= 0.6 is 0 Å². The third-order valence-electron chi connectivity index (χ3n) is 4.18. The molecule has 0 radical (unpaired) electrons. The minimum Gasteiger partial charge on any atom is -0.481 e. The van der Waals surface area contributed by atoms with Crippen LogP contribution < -0.4 is 0 Å². The van der Waals surface area contributed by atoms with Crippen molar-refractivity contribution < 1.29 is 15.0 Å². The van der Waals surface area contributed by atoms with Gasteiger partial charge in [0, 0.05) is 0 Å². The van der Waals surface area contributed by atoms with E-state index in [1.807, 2.05) is 25.1 Å². The summed E-state index contributed by atoms with van der Waals surface area (Å²) >= 11 is 0. The Hall–Kier alpha value is -1.35. The topological polar surface area (TPSA) is 57.5 Å². The number of benzene rings is 1. The van der Waals surface area contributed by atoms with Crippen LogP contribution in [0.1, 0.15) is 56.4 Å². The summed E-state index contributed by atoms with van der Waals surface area (Å²) in [4.78, 5) is 11.3. The predicted molar refractivity (Wildman–Crippen MR) is 74.1 cm³/mol. The van der Waals surface area contributed by atoms with Crippen LogP contribution in [0.4, 0.5) is 0 Å². The molecule has 1 saturated carbocycles. The largest absolute Gasteiger partial charge is 0.481 e. The van der Waals surface area contributed by atoms with Crippen LogP contribution in [0.25, 0.3) is 0 Å². The van der Waals surface area contributed by atoms with Gasteiger partial charge >= 0.3 is 5.97 Å². The molecular weight excluding hydrogens is 240 g/mol. The van der Waals surface area contributed by atoms with Crippen molar-refractivity contribution >= 4 is 5.97 Å². The second kappa shape index (κ2) is 4.34. The molecule has 1 atom stereocenters. The molecule has 1 fully saturated rings. The van der Waals surface area contributed by atoms with Gasteiger partial charge in [0.05, 0.1) is 11.5 Å². The van der Waals surface area contributed by atoms with Crippen molar-refractivity contribution in [1.29, 1.82) is 0 Å². The van der Waals surface area contributed by atoms with E-state index >= 15 is 0 Å². The number of aliphatic hydroxyl groups excluding tert-OH is 1. The zero-order chi connectivity index (χ0) is 14.4.